The summed E-state index contributed by atoms with van der Waals surface area (Å²) in [6.45, 7) is 6.00. The fourth-order valence-corrected chi connectivity index (χ4v) is 4.39. The van der Waals surface area contributed by atoms with Gasteiger partial charge in [-0.05, 0) is 50.1 Å². The number of aromatic nitrogens is 4. The van der Waals surface area contributed by atoms with E-state index in [4.69, 9.17) is 9.97 Å². The van der Waals surface area contributed by atoms with E-state index in [0.29, 0.717) is 30.4 Å². The molecule has 4 aromatic rings. The lowest BCUT2D eigenvalue weighted by molar-refractivity contribution is -0.137. The largest absolute Gasteiger partial charge is 0.416 e. The summed E-state index contributed by atoms with van der Waals surface area (Å²) in [5.74, 6) is 0.904. The normalized spacial score (nSPS) is 14.1. The number of fused-ring (bicyclic) bond motifs is 1. The van der Waals surface area contributed by atoms with Crippen molar-refractivity contribution in [2.45, 2.75) is 39.5 Å². The molecule has 1 aliphatic heterocycles. The second kappa shape index (κ2) is 9.14. The van der Waals surface area contributed by atoms with E-state index in [2.05, 4.69) is 27.4 Å². The number of hydrogen-bond donors (Lipinski definition) is 1. The van der Waals surface area contributed by atoms with E-state index >= 15 is 0 Å². The second-order valence-electron chi connectivity index (χ2n) is 8.79. The van der Waals surface area contributed by atoms with Crippen LogP contribution in [0.5, 0.6) is 0 Å². The van der Waals surface area contributed by atoms with Gasteiger partial charge in [-0.2, -0.15) is 23.3 Å². The molecule has 9 heteroatoms. The molecule has 180 valence electrons. The van der Waals surface area contributed by atoms with Gasteiger partial charge in [0, 0.05) is 36.6 Å². The SMILES string of the molecule is Cc1cc(C)n(-c2nc3c(c(Nc4cccc(C(F)(F)F)c4)n2)CCN(Cc2ccccc2)C3)n1. The minimum absolute atomic E-state index is 0.326. The Bertz CT molecular complexity index is 1350. The van der Waals surface area contributed by atoms with Crippen molar-refractivity contribution in [1.82, 2.24) is 24.6 Å². The lowest BCUT2D eigenvalue weighted by Gasteiger charge is -2.29. The van der Waals surface area contributed by atoms with Crippen LogP contribution >= 0.6 is 0 Å². The van der Waals surface area contributed by atoms with Gasteiger partial charge in [-0.15, -0.1) is 0 Å². The summed E-state index contributed by atoms with van der Waals surface area (Å²) in [5, 5.41) is 7.65. The smallest absolute Gasteiger partial charge is 0.340 e. The van der Waals surface area contributed by atoms with Gasteiger partial charge >= 0.3 is 6.18 Å². The van der Waals surface area contributed by atoms with Gasteiger partial charge in [0.05, 0.1) is 17.0 Å². The number of nitrogens with one attached hydrogen (secondary N) is 1. The Morgan fingerprint density at radius 3 is 2.49 bits per heavy atom. The molecule has 0 amide bonds. The van der Waals surface area contributed by atoms with Gasteiger partial charge in [0.15, 0.2) is 0 Å². The molecular formula is C26H25F3N6. The summed E-state index contributed by atoms with van der Waals surface area (Å²) in [6.07, 6.45) is -3.74. The summed E-state index contributed by atoms with van der Waals surface area (Å²) in [7, 11) is 0. The fraction of sp³-hybridized carbons (Fsp3) is 0.269. The first-order valence-corrected chi connectivity index (χ1v) is 11.4. The van der Waals surface area contributed by atoms with Crippen molar-refractivity contribution in [3.63, 3.8) is 0 Å². The molecule has 3 heterocycles. The average Bonchev–Trinajstić information content (AvgIpc) is 3.17. The van der Waals surface area contributed by atoms with E-state index in [1.54, 1.807) is 10.7 Å². The molecule has 0 aliphatic carbocycles. The number of nitrogens with zero attached hydrogens (tertiary/aromatic N) is 5. The summed E-state index contributed by atoms with van der Waals surface area (Å²) >= 11 is 0. The summed E-state index contributed by atoms with van der Waals surface area (Å²) in [5.41, 5.74) is 4.30. The Labute approximate surface area is 201 Å². The molecule has 2 aromatic carbocycles. The van der Waals surface area contributed by atoms with Crippen LogP contribution < -0.4 is 5.32 Å². The van der Waals surface area contributed by atoms with Crippen molar-refractivity contribution in [2.75, 3.05) is 11.9 Å². The molecule has 0 atom stereocenters. The van der Waals surface area contributed by atoms with Gasteiger partial charge in [-0.1, -0.05) is 36.4 Å². The van der Waals surface area contributed by atoms with E-state index in [9.17, 15) is 13.2 Å². The lowest BCUT2D eigenvalue weighted by atomic mass is 10.0. The Morgan fingerprint density at radius 2 is 1.77 bits per heavy atom. The third kappa shape index (κ3) is 5.05. The van der Waals surface area contributed by atoms with Crippen LogP contribution in [0.2, 0.25) is 0 Å². The molecule has 5 rings (SSSR count). The van der Waals surface area contributed by atoms with Crippen molar-refractivity contribution in [1.29, 1.82) is 0 Å². The molecule has 1 aliphatic rings. The van der Waals surface area contributed by atoms with Crippen LogP contribution in [0.25, 0.3) is 5.95 Å². The van der Waals surface area contributed by atoms with E-state index in [-0.39, 0.29) is 0 Å². The first kappa shape index (κ1) is 23.0. The maximum absolute atomic E-state index is 13.3. The third-order valence-electron chi connectivity index (χ3n) is 6.03. The Kier molecular flexibility index (Phi) is 6.02. The molecule has 0 unspecified atom stereocenters. The molecular weight excluding hydrogens is 453 g/mol. The highest BCUT2D eigenvalue weighted by atomic mass is 19.4. The number of hydrogen-bond acceptors (Lipinski definition) is 5. The van der Waals surface area contributed by atoms with Gasteiger partial charge in [0.1, 0.15) is 5.82 Å². The van der Waals surface area contributed by atoms with Crippen LogP contribution in [0, 0.1) is 13.8 Å². The molecule has 0 spiro atoms. The van der Waals surface area contributed by atoms with Gasteiger partial charge < -0.3 is 5.32 Å². The van der Waals surface area contributed by atoms with Gasteiger partial charge in [-0.25, -0.2) is 9.67 Å². The number of aryl methyl sites for hydroxylation is 2. The lowest BCUT2D eigenvalue weighted by Crippen LogP contribution is -2.32. The van der Waals surface area contributed by atoms with Crippen LogP contribution in [0.4, 0.5) is 24.7 Å². The molecule has 35 heavy (non-hydrogen) atoms. The van der Waals surface area contributed by atoms with Crippen molar-refractivity contribution >= 4 is 11.5 Å². The van der Waals surface area contributed by atoms with Gasteiger partial charge in [-0.3, -0.25) is 4.90 Å². The summed E-state index contributed by atoms with van der Waals surface area (Å²) in [4.78, 5) is 11.9. The topological polar surface area (TPSA) is 58.9 Å². The van der Waals surface area contributed by atoms with Crippen LogP contribution in [0.3, 0.4) is 0 Å². The quantitative estimate of drug-likeness (QED) is 0.405. The van der Waals surface area contributed by atoms with Crippen LogP contribution in [-0.2, 0) is 25.7 Å². The maximum atomic E-state index is 13.3. The van der Waals surface area contributed by atoms with E-state index in [1.807, 2.05) is 38.1 Å². The minimum Gasteiger partial charge on any atom is -0.340 e. The predicted molar refractivity (Wildman–Crippen MR) is 128 cm³/mol. The monoisotopic (exact) mass is 478 g/mol. The maximum Gasteiger partial charge on any atom is 0.416 e. The highest BCUT2D eigenvalue weighted by Crippen LogP contribution is 2.33. The van der Waals surface area contributed by atoms with Crippen LogP contribution in [0.15, 0.2) is 60.7 Å². The highest BCUT2D eigenvalue weighted by molar-refractivity contribution is 5.62. The zero-order chi connectivity index (χ0) is 24.6. The summed E-state index contributed by atoms with van der Waals surface area (Å²) in [6, 6.07) is 17.3. The number of alkyl halides is 3. The predicted octanol–water partition coefficient (Wildman–Crippen LogP) is 5.60. The highest BCUT2D eigenvalue weighted by Gasteiger charge is 2.31. The standard InChI is InChI=1S/C26H25F3N6/c1-17-13-18(2)35(33-17)25-31-23-16-34(15-19-7-4-3-5-8-19)12-11-22(23)24(32-25)30-21-10-6-9-20(14-21)26(27,28)29/h3-10,13-14H,11-12,15-16H2,1-2H3,(H,30,31,32). The van der Waals surface area contributed by atoms with Crippen molar-refractivity contribution in [3.8, 4) is 5.95 Å². The zero-order valence-corrected chi connectivity index (χ0v) is 19.5. The molecule has 1 N–H and O–H groups in total. The fourth-order valence-electron chi connectivity index (χ4n) is 4.39. The molecule has 0 bridgehead atoms. The Hall–Kier alpha value is -3.72. The zero-order valence-electron chi connectivity index (χ0n) is 19.5. The molecule has 2 aromatic heterocycles. The first-order valence-electron chi connectivity index (χ1n) is 11.4. The Morgan fingerprint density at radius 1 is 0.971 bits per heavy atom. The van der Waals surface area contributed by atoms with E-state index < -0.39 is 11.7 Å². The van der Waals surface area contributed by atoms with E-state index in [0.717, 1.165) is 47.9 Å². The first-order chi connectivity index (χ1) is 16.8. The molecule has 0 fully saturated rings. The number of anilines is 2. The van der Waals surface area contributed by atoms with Crippen molar-refractivity contribution in [2.24, 2.45) is 0 Å². The number of rotatable bonds is 5. The minimum atomic E-state index is -4.42. The van der Waals surface area contributed by atoms with E-state index in [1.165, 1.54) is 11.6 Å². The number of benzene rings is 2. The van der Waals surface area contributed by atoms with Crippen molar-refractivity contribution < 1.29 is 13.2 Å². The molecule has 6 nitrogen and oxygen atoms in total. The average molecular weight is 479 g/mol. The summed E-state index contributed by atoms with van der Waals surface area (Å²) < 4.78 is 41.5. The molecule has 0 saturated carbocycles. The molecule has 0 radical (unpaired) electrons. The molecule has 0 saturated heterocycles. The third-order valence-corrected chi connectivity index (χ3v) is 6.03. The van der Waals surface area contributed by atoms with Gasteiger partial charge in [0.25, 0.3) is 5.95 Å². The second-order valence-corrected chi connectivity index (χ2v) is 8.79. The Balaban J connectivity index is 1.52. The number of halogens is 3. The van der Waals surface area contributed by atoms with Crippen LogP contribution in [0.1, 0.15) is 33.8 Å². The van der Waals surface area contributed by atoms with Crippen LogP contribution in [-0.4, -0.2) is 31.2 Å². The van der Waals surface area contributed by atoms with Crippen molar-refractivity contribution in [3.05, 3.63) is 94.4 Å². The van der Waals surface area contributed by atoms with Gasteiger partial charge in [0.2, 0.25) is 0 Å².